The van der Waals surface area contributed by atoms with Crippen molar-refractivity contribution in [2.75, 3.05) is 6.61 Å². The van der Waals surface area contributed by atoms with E-state index >= 15 is 0 Å². The van der Waals surface area contributed by atoms with E-state index in [2.05, 4.69) is 17.8 Å². The largest absolute Gasteiger partial charge is 0.484 e. The van der Waals surface area contributed by atoms with E-state index in [0.717, 1.165) is 17.5 Å². The number of hydrazine groups is 1. The van der Waals surface area contributed by atoms with Gasteiger partial charge in [-0.2, -0.15) is 0 Å². The van der Waals surface area contributed by atoms with Gasteiger partial charge in [-0.15, -0.1) is 0 Å². The Balaban J connectivity index is 1.66. The molecule has 126 valence electrons. The SMILES string of the molecule is CCc1cccc(OCC(=O)NNC(=O)CCc2ccccc2)c1. The molecule has 2 N–H and O–H groups in total. The summed E-state index contributed by atoms with van der Waals surface area (Å²) in [6.07, 6.45) is 1.84. The average molecular weight is 326 g/mol. The Morgan fingerprint density at radius 3 is 2.38 bits per heavy atom. The third kappa shape index (κ3) is 6.12. The molecule has 0 atom stereocenters. The average Bonchev–Trinajstić information content (AvgIpc) is 2.64. The number of benzene rings is 2. The van der Waals surface area contributed by atoms with Crippen molar-refractivity contribution in [1.29, 1.82) is 0 Å². The first-order valence-electron chi connectivity index (χ1n) is 8.00. The molecule has 0 radical (unpaired) electrons. The standard InChI is InChI=1S/C19H22N2O3/c1-2-15-9-6-10-17(13-15)24-14-19(23)21-20-18(22)12-11-16-7-4-3-5-8-16/h3-10,13H,2,11-12,14H2,1H3,(H,20,22)(H,21,23). The van der Waals surface area contributed by atoms with Crippen LogP contribution in [0.5, 0.6) is 5.75 Å². The molecular weight excluding hydrogens is 304 g/mol. The Bertz CT molecular complexity index is 671. The molecule has 0 aliphatic rings. The van der Waals surface area contributed by atoms with Crippen LogP contribution in [0.1, 0.15) is 24.5 Å². The van der Waals surface area contributed by atoms with E-state index in [4.69, 9.17) is 4.74 Å². The third-order valence-corrected chi connectivity index (χ3v) is 3.50. The van der Waals surface area contributed by atoms with E-state index < -0.39 is 5.91 Å². The van der Waals surface area contributed by atoms with Crippen LogP contribution in [-0.2, 0) is 22.4 Å². The summed E-state index contributed by atoms with van der Waals surface area (Å²) >= 11 is 0. The molecule has 2 aromatic carbocycles. The molecule has 0 saturated carbocycles. The Hall–Kier alpha value is -2.82. The van der Waals surface area contributed by atoms with E-state index in [0.29, 0.717) is 18.6 Å². The lowest BCUT2D eigenvalue weighted by Gasteiger charge is -2.09. The zero-order valence-corrected chi connectivity index (χ0v) is 13.7. The van der Waals surface area contributed by atoms with Crippen LogP contribution in [-0.4, -0.2) is 18.4 Å². The van der Waals surface area contributed by atoms with E-state index in [1.54, 1.807) is 6.07 Å². The molecule has 0 aliphatic heterocycles. The maximum atomic E-state index is 11.7. The zero-order chi connectivity index (χ0) is 17.2. The Morgan fingerprint density at radius 2 is 1.62 bits per heavy atom. The van der Waals surface area contributed by atoms with E-state index in [9.17, 15) is 9.59 Å². The highest BCUT2D eigenvalue weighted by Crippen LogP contribution is 2.13. The maximum Gasteiger partial charge on any atom is 0.276 e. The zero-order valence-electron chi connectivity index (χ0n) is 13.7. The van der Waals surface area contributed by atoms with E-state index in [-0.39, 0.29) is 12.5 Å². The summed E-state index contributed by atoms with van der Waals surface area (Å²) < 4.78 is 5.41. The number of hydrogen-bond acceptors (Lipinski definition) is 3. The quantitative estimate of drug-likeness (QED) is 0.768. The highest BCUT2D eigenvalue weighted by Gasteiger charge is 2.06. The van der Waals surface area contributed by atoms with Gasteiger partial charge in [0.15, 0.2) is 6.61 Å². The summed E-state index contributed by atoms with van der Waals surface area (Å²) in [6.45, 7) is 1.91. The molecule has 5 nitrogen and oxygen atoms in total. The van der Waals surface area contributed by atoms with Gasteiger partial charge < -0.3 is 4.74 Å². The molecule has 2 rings (SSSR count). The molecule has 0 aliphatic carbocycles. The van der Waals surface area contributed by atoms with Crippen LogP contribution in [0.25, 0.3) is 0 Å². The van der Waals surface area contributed by atoms with Crippen molar-refractivity contribution in [2.24, 2.45) is 0 Å². The number of rotatable bonds is 7. The molecule has 0 aromatic heterocycles. The van der Waals surface area contributed by atoms with Crippen molar-refractivity contribution in [1.82, 2.24) is 10.9 Å². The van der Waals surface area contributed by atoms with Crippen molar-refractivity contribution in [3.8, 4) is 5.75 Å². The molecule has 0 heterocycles. The first-order chi connectivity index (χ1) is 11.7. The number of amides is 2. The lowest BCUT2D eigenvalue weighted by molar-refractivity contribution is -0.130. The minimum atomic E-state index is -0.398. The van der Waals surface area contributed by atoms with Gasteiger partial charge >= 0.3 is 0 Å². The fraction of sp³-hybridized carbons (Fsp3) is 0.263. The molecule has 0 saturated heterocycles. The highest BCUT2D eigenvalue weighted by molar-refractivity contribution is 5.82. The van der Waals surface area contributed by atoms with Gasteiger partial charge in [0.05, 0.1) is 0 Å². The van der Waals surface area contributed by atoms with Crippen LogP contribution in [0.3, 0.4) is 0 Å². The predicted octanol–water partition coefficient (Wildman–Crippen LogP) is 2.41. The fourth-order valence-corrected chi connectivity index (χ4v) is 2.14. The minimum absolute atomic E-state index is 0.147. The molecule has 0 bridgehead atoms. The Kier molecular flexibility index (Phi) is 6.83. The lowest BCUT2D eigenvalue weighted by Crippen LogP contribution is -2.43. The van der Waals surface area contributed by atoms with Crippen LogP contribution < -0.4 is 15.6 Å². The number of ether oxygens (including phenoxy) is 1. The van der Waals surface area contributed by atoms with Crippen LogP contribution in [0.2, 0.25) is 0 Å². The van der Waals surface area contributed by atoms with Crippen LogP contribution in [0.15, 0.2) is 54.6 Å². The molecule has 2 aromatic rings. The summed E-state index contributed by atoms with van der Waals surface area (Å²) in [7, 11) is 0. The van der Waals surface area contributed by atoms with E-state index in [1.807, 2.05) is 48.5 Å². The van der Waals surface area contributed by atoms with Crippen molar-refractivity contribution < 1.29 is 14.3 Å². The van der Waals surface area contributed by atoms with Gasteiger partial charge in [0.2, 0.25) is 5.91 Å². The van der Waals surface area contributed by atoms with Crippen LogP contribution in [0, 0.1) is 0 Å². The fourth-order valence-electron chi connectivity index (χ4n) is 2.14. The second-order valence-corrected chi connectivity index (χ2v) is 5.37. The van der Waals surface area contributed by atoms with Gasteiger partial charge in [-0.05, 0) is 36.1 Å². The molecule has 5 heteroatoms. The number of hydrogen-bond donors (Lipinski definition) is 2. The first kappa shape index (κ1) is 17.5. The summed E-state index contributed by atoms with van der Waals surface area (Å²) in [4.78, 5) is 23.4. The monoisotopic (exact) mass is 326 g/mol. The molecule has 0 fully saturated rings. The van der Waals surface area contributed by atoms with E-state index in [1.165, 1.54) is 0 Å². The van der Waals surface area contributed by atoms with Gasteiger partial charge in [-0.1, -0.05) is 49.4 Å². The molecular formula is C19H22N2O3. The van der Waals surface area contributed by atoms with Crippen LogP contribution >= 0.6 is 0 Å². The maximum absolute atomic E-state index is 11.7. The molecule has 2 amide bonds. The Morgan fingerprint density at radius 1 is 0.917 bits per heavy atom. The number of carbonyl (C=O) groups excluding carboxylic acids is 2. The van der Waals surface area contributed by atoms with Crippen LogP contribution in [0.4, 0.5) is 0 Å². The highest BCUT2D eigenvalue weighted by atomic mass is 16.5. The first-order valence-corrected chi connectivity index (χ1v) is 8.00. The summed E-state index contributed by atoms with van der Waals surface area (Å²) in [6, 6.07) is 17.3. The third-order valence-electron chi connectivity index (χ3n) is 3.50. The molecule has 24 heavy (non-hydrogen) atoms. The predicted molar refractivity (Wildman–Crippen MR) is 92.4 cm³/mol. The summed E-state index contributed by atoms with van der Waals surface area (Å²) in [5.74, 6) is 0.00468. The van der Waals surface area contributed by atoms with Gasteiger partial charge in [0, 0.05) is 6.42 Å². The molecule has 0 spiro atoms. The van der Waals surface area contributed by atoms with Crippen molar-refractivity contribution in [3.05, 3.63) is 65.7 Å². The van der Waals surface area contributed by atoms with Gasteiger partial charge in [-0.3, -0.25) is 20.4 Å². The summed E-state index contributed by atoms with van der Waals surface area (Å²) in [5, 5.41) is 0. The Labute approximate surface area is 142 Å². The number of carbonyl (C=O) groups is 2. The van der Waals surface area contributed by atoms with Gasteiger partial charge in [0.25, 0.3) is 5.91 Å². The van der Waals surface area contributed by atoms with Crippen molar-refractivity contribution in [2.45, 2.75) is 26.2 Å². The molecule has 0 unspecified atom stereocenters. The van der Waals surface area contributed by atoms with Gasteiger partial charge in [0.1, 0.15) is 5.75 Å². The van der Waals surface area contributed by atoms with Gasteiger partial charge in [-0.25, -0.2) is 0 Å². The number of nitrogens with one attached hydrogen (secondary N) is 2. The second-order valence-electron chi connectivity index (χ2n) is 5.37. The lowest BCUT2D eigenvalue weighted by atomic mass is 10.1. The minimum Gasteiger partial charge on any atom is -0.484 e. The van der Waals surface area contributed by atoms with Crippen molar-refractivity contribution in [3.63, 3.8) is 0 Å². The number of aryl methyl sites for hydroxylation is 2. The second kappa shape index (κ2) is 9.35. The topological polar surface area (TPSA) is 67.4 Å². The van der Waals surface area contributed by atoms with Crippen molar-refractivity contribution >= 4 is 11.8 Å². The summed E-state index contributed by atoms with van der Waals surface area (Å²) in [5.41, 5.74) is 6.97. The normalized spacial score (nSPS) is 10.0. The smallest absolute Gasteiger partial charge is 0.276 e.